The Balaban J connectivity index is 1.50. The highest BCUT2D eigenvalue weighted by molar-refractivity contribution is 6.03. The van der Waals surface area contributed by atoms with Crippen LogP contribution in [-0.2, 0) is 13.0 Å². The largest absolute Gasteiger partial charge is 0.289 e. The third-order valence-electron chi connectivity index (χ3n) is 3.90. The minimum absolute atomic E-state index is 0.237. The molecule has 4 heterocycles. The third kappa shape index (κ3) is 2.70. The van der Waals surface area contributed by atoms with Crippen LogP contribution in [0.4, 0.5) is 5.95 Å². The van der Waals surface area contributed by atoms with Crippen molar-refractivity contribution in [1.82, 2.24) is 29.5 Å². The van der Waals surface area contributed by atoms with Crippen molar-refractivity contribution in [1.29, 1.82) is 0 Å². The van der Waals surface area contributed by atoms with E-state index in [1.165, 1.54) is 0 Å². The fourth-order valence-corrected chi connectivity index (χ4v) is 2.73. The summed E-state index contributed by atoms with van der Waals surface area (Å²) in [5.74, 6) is 0.986. The van der Waals surface area contributed by atoms with Gasteiger partial charge in [-0.2, -0.15) is 10.1 Å². The standard InChI is InChI=1S/C15H15N7O/c23-14(11-4-7-16-8-5-11)19-15-18-13-3-2-12(10-22(13)20-15)21-9-1-6-17-21/h1,4-9,12H,2-3,10H2,(H,19,20,23). The maximum absolute atomic E-state index is 12.1. The topological polar surface area (TPSA) is 90.5 Å². The number of aromatic nitrogens is 6. The van der Waals surface area contributed by atoms with Gasteiger partial charge in [-0.1, -0.05) is 0 Å². The Hall–Kier alpha value is -3.03. The van der Waals surface area contributed by atoms with Crippen LogP contribution in [0.1, 0.15) is 28.6 Å². The van der Waals surface area contributed by atoms with E-state index in [9.17, 15) is 4.79 Å². The van der Waals surface area contributed by atoms with Crippen LogP contribution in [-0.4, -0.2) is 35.4 Å². The van der Waals surface area contributed by atoms with Crippen LogP contribution < -0.4 is 5.32 Å². The summed E-state index contributed by atoms with van der Waals surface area (Å²) in [5.41, 5.74) is 0.530. The molecule has 0 bridgehead atoms. The van der Waals surface area contributed by atoms with Crippen molar-refractivity contribution in [3.63, 3.8) is 0 Å². The highest BCUT2D eigenvalue weighted by Gasteiger charge is 2.23. The predicted octanol–water partition coefficient (Wildman–Crippen LogP) is 1.31. The average molecular weight is 309 g/mol. The summed E-state index contributed by atoms with van der Waals surface area (Å²) in [6.45, 7) is 0.704. The first-order valence-corrected chi connectivity index (χ1v) is 7.44. The number of aryl methyl sites for hydroxylation is 1. The number of anilines is 1. The van der Waals surface area contributed by atoms with Crippen LogP contribution >= 0.6 is 0 Å². The Kier molecular flexibility index (Phi) is 3.34. The highest BCUT2D eigenvalue weighted by atomic mass is 16.1. The first-order chi connectivity index (χ1) is 11.3. The van der Waals surface area contributed by atoms with E-state index in [4.69, 9.17) is 0 Å². The van der Waals surface area contributed by atoms with Crippen LogP contribution in [0.15, 0.2) is 43.0 Å². The van der Waals surface area contributed by atoms with E-state index < -0.39 is 0 Å². The van der Waals surface area contributed by atoms with Gasteiger partial charge in [-0.25, -0.2) is 4.68 Å². The van der Waals surface area contributed by atoms with Crippen molar-refractivity contribution in [3.05, 3.63) is 54.4 Å². The zero-order chi connectivity index (χ0) is 15.6. The molecule has 23 heavy (non-hydrogen) atoms. The fourth-order valence-electron chi connectivity index (χ4n) is 2.73. The molecule has 0 fully saturated rings. The van der Waals surface area contributed by atoms with Crippen LogP contribution in [0.3, 0.4) is 0 Å². The van der Waals surface area contributed by atoms with Gasteiger partial charge in [-0.05, 0) is 24.6 Å². The molecule has 1 atom stereocenters. The minimum atomic E-state index is -0.237. The summed E-state index contributed by atoms with van der Waals surface area (Å²) in [5, 5.41) is 11.4. The number of amides is 1. The molecular weight excluding hydrogens is 294 g/mol. The van der Waals surface area contributed by atoms with E-state index in [0.29, 0.717) is 18.1 Å². The minimum Gasteiger partial charge on any atom is -0.289 e. The van der Waals surface area contributed by atoms with Gasteiger partial charge in [-0.3, -0.25) is 19.8 Å². The molecule has 8 nitrogen and oxygen atoms in total. The Morgan fingerprint density at radius 3 is 2.91 bits per heavy atom. The number of pyridine rings is 1. The van der Waals surface area contributed by atoms with Gasteiger partial charge in [0, 0.05) is 36.8 Å². The second-order valence-corrected chi connectivity index (χ2v) is 5.40. The molecular formula is C15H15N7O. The molecule has 0 saturated heterocycles. The van der Waals surface area contributed by atoms with Crippen LogP contribution in [0.25, 0.3) is 0 Å². The second-order valence-electron chi connectivity index (χ2n) is 5.40. The number of carbonyl (C=O) groups excluding carboxylic acids is 1. The third-order valence-corrected chi connectivity index (χ3v) is 3.90. The molecule has 0 spiro atoms. The maximum atomic E-state index is 12.1. The van der Waals surface area contributed by atoms with Gasteiger partial charge in [0.1, 0.15) is 5.82 Å². The van der Waals surface area contributed by atoms with E-state index in [0.717, 1.165) is 18.7 Å². The van der Waals surface area contributed by atoms with Crippen molar-refractivity contribution < 1.29 is 4.79 Å². The molecule has 1 N–H and O–H groups in total. The van der Waals surface area contributed by atoms with Crippen molar-refractivity contribution in [2.24, 2.45) is 0 Å². The summed E-state index contributed by atoms with van der Waals surface area (Å²) in [6, 6.07) is 5.48. The van der Waals surface area contributed by atoms with Crippen molar-refractivity contribution in [3.8, 4) is 0 Å². The molecule has 116 valence electrons. The van der Waals surface area contributed by atoms with E-state index in [1.807, 2.05) is 21.6 Å². The number of hydrogen-bond donors (Lipinski definition) is 1. The lowest BCUT2D eigenvalue weighted by Gasteiger charge is -2.22. The molecule has 1 aliphatic rings. The smallest absolute Gasteiger partial charge is 0.258 e. The number of fused-ring (bicyclic) bond motifs is 1. The normalized spacial score (nSPS) is 16.8. The van der Waals surface area contributed by atoms with Gasteiger partial charge in [0.05, 0.1) is 12.6 Å². The molecule has 3 aromatic heterocycles. The second kappa shape index (κ2) is 5.64. The lowest BCUT2D eigenvalue weighted by atomic mass is 10.1. The zero-order valence-corrected chi connectivity index (χ0v) is 12.3. The van der Waals surface area contributed by atoms with E-state index in [-0.39, 0.29) is 11.9 Å². The number of rotatable bonds is 3. The van der Waals surface area contributed by atoms with Crippen LogP contribution in [0, 0.1) is 0 Å². The van der Waals surface area contributed by atoms with Gasteiger partial charge < -0.3 is 0 Å². The molecule has 1 unspecified atom stereocenters. The van der Waals surface area contributed by atoms with E-state index in [2.05, 4.69) is 25.5 Å². The summed E-state index contributed by atoms with van der Waals surface area (Å²) < 4.78 is 3.79. The Morgan fingerprint density at radius 2 is 2.13 bits per heavy atom. The first-order valence-electron chi connectivity index (χ1n) is 7.44. The number of nitrogens with one attached hydrogen (secondary N) is 1. The lowest BCUT2D eigenvalue weighted by molar-refractivity contribution is 0.102. The van der Waals surface area contributed by atoms with Crippen LogP contribution in [0.2, 0.25) is 0 Å². The Morgan fingerprint density at radius 1 is 1.26 bits per heavy atom. The van der Waals surface area contributed by atoms with Gasteiger partial charge in [0.15, 0.2) is 0 Å². The molecule has 8 heteroatoms. The van der Waals surface area contributed by atoms with E-state index >= 15 is 0 Å². The fraction of sp³-hybridized carbons (Fsp3) is 0.267. The molecule has 4 rings (SSSR count). The molecule has 0 aromatic carbocycles. The first kappa shape index (κ1) is 13.6. The lowest BCUT2D eigenvalue weighted by Crippen LogP contribution is -2.24. The summed E-state index contributed by atoms with van der Waals surface area (Å²) >= 11 is 0. The van der Waals surface area contributed by atoms with Gasteiger partial charge in [0.25, 0.3) is 5.91 Å². The van der Waals surface area contributed by atoms with Gasteiger partial charge >= 0.3 is 0 Å². The summed E-state index contributed by atoms with van der Waals surface area (Å²) in [4.78, 5) is 20.4. The monoisotopic (exact) mass is 309 g/mol. The molecule has 3 aromatic rings. The number of nitrogens with zero attached hydrogens (tertiary/aromatic N) is 6. The predicted molar refractivity (Wildman–Crippen MR) is 81.8 cm³/mol. The molecule has 0 saturated carbocycles. The quantitative estimate of drug-likeness (QED) is 0.787. The number of hydrogen-bond acceptors (Lipinski definition) is 5. The van der Waals surface area contributed by atoms with Crippen LogP contribution in [0.5, 0.6) is 0 Å². The molecule has 1 aliphatic heterocycles. The summed E-state index contributed by atoms with van der Waals surface area (Å²) in [7, 11) is 0. The van der Waals surface area contributed by atoms with Crippen molar-refractivity contribution in [2.75, 3.05) is 5.32 Å². The Bertz CT molecular complexity index is 810. The van der Waals surface area contributed by atoms with E-state index in [1.54, 1.807) is 30.7 Å². The Labute approximate surface area is 132 Å². The highest BCUT2D eigenvalue weighted by Crippen LogP contribution is 2.23. The van der Waals surface area contributed by atoms with Crippen molar-refractivity contribution in [2.45, 2.75) is 25.4 Å². The van der Waals surface area contributed by atoms with Gasteiger partial charge in [-0.15, -0.1) is 5.10 Å². The zero-order valence-electron chi connectivity index (χ0n) is 12.3. The molecule has 1 amide bonds. The molecule has 0 aliphatic carbocycles. The summed E-state index contributed by atoms with van der Waals surface area (Å²) in [6.07, 6.45) is 8.65. The molecule has 0 radical (unpaired) electrons. The van der Waals surface area contributed by atoms with Gasteiger partial charge in [0.2, 0.25) is 5.95 Å². The SMILES string of the molecule is O=C(Nc1nc2n(n1)CC(n1cccn1)CC2)c1ccncc1. The average Bonchev–Trinajstić information content (AvgIpc) is 3.24. The van der Waals surface area contributed by atoms with Crippen molar-refractivity contribution >= 4 is 11.9 Å². The maximum Gasteiger partial charge on any atom is 0.258 e. The number of carbonyl (C=O) groups is 1.